The fourth-order valence-electron chi connectivity index (χ4n) is 4.21. The number of anilines is 1. The predicted molar refractivity (Wildman–Crippen MR) is 131 cm³/mol. The number of nitrogens with one attached hydrogen (secondary N) is 1. The molecular formula is C25H25ClN6O2. The summed E-state index contributed by atoms with van der Waals surface area (Å²) in [6.45, 7) is 2.02. The van der Waals surface area contributed by atoms with E-state index in [0.29, 0.717) is 23.0 Å². The first kappa shape index (κ1) is 22.2. The molecule has 0 spiro atoms. The van der Waals surface area contributed by atoms with E-state index in [1.807, 2.05) is 60.7 Å². The lowest BCUT2D eigenvalue weighted by atomic mass is 9.96. The minimum Gasteiger partial charge on any atom is -0.497 e. The minimum atomic E-state index is -0.00757. The summed E-state index contributed by atoms with van der Waals surface area (Å²) in [5.41, 5.74) is 2.49. The second-order valence-corrected chi connectivity index (χ2v) is 8.70. The number of hydrogen-bond donors (Lipinski definition) is 1. The Kier molecular flexibility index (Phi) is 6.31. The number of methoxy groups -OCH3 is 1. The number of benzene rings is 2. The van der Waals surface area contributed by atoms with Crippen molar-refractivity contribution in [3.8, 4) is 17.1 Å². The first-order chi connectivity index (χ1) is 16.6. The van der Waals surface area contributed by atoms with Crippen LogP contribution in [0.25, 0.3) is 17.0 Å². The van der Waals surface area contributed by atoms with Gasteiger partial charge in [0.1, 0.15) is 11.6 Å². The zero-order valence-corrected chi connectivity index (χ0v) is 19.6. The van der Waals surface area contributed by atoms with E-state index in [0.717, 1.165) is 48.6 Å². The van der Waals surface area contributed by atoms with Gasteiger partial charge < -0.3 is 15.0 Å². The third-order valence-electron chi connectivity index (χ3n) is 6.18. The average Bonchev–Trinajstić information content (AvgIpc) is 3.31. The minimum absolute atomic E-state index is 0.00757. The van der Waals surface area contributed by atoms with E-state index in [1.54, 1.807) is 11.6 Å². The first-order valence-corrected chi connectivity index (χ1v) is 11.6. The Hall–Kier alpha value is -3.65. The molecule has 0 radical (unpaired) electrons. The van der Waals surface area contributed by atoms with Crippen molar-refractivity contribution in [1.82, 2.24) is 25.1 Å². The summed E-state index contributed by atoms with van der Waals surface area (Å²) in [4.78, 5) is 14.9. The standard InChI is InChI=1S/C25H25ClN6O2/c1-34-19-8-6-17(7-9-19)16-27-25(33)18-12-14-31(15-13-18)23-11-10-22-28-29-24(32(22)30-23)20-4-2-3-5-21(20)26/h2-11,18H,12-16H2,1H3,(H,27,33). The lowest BCUT2D eigenvalue weighted by Crippen LogP contribution is -2.40. The summed E-state index contributed by atoms with van der Waals surface area (Å²) in [6.07, 6.45) is 1.54. The number of fused-ring (bicyclic) bond motifs is 1. The van der Waals surface area contributed by atoms with E-state index in [4.69, 9.17) is 21.4 Å². The molecule has 8 nitrogen and oxygen atoms in total. The van der Waals surface area contributed by atoms with Crippen LogP contribution in [0.3, 0.4) is 0 Å². The van der Waals surface area contributed by atoms with E-state index < -0.39 is 0 Å². The lowest BCUT2D eigenvalue weighted by Gasteiger charge is -2.32. The Morgan fingerprint density at radius 2 is 1.82 bits per heavy atom. The maximum atomic E-state index is 12.7. The number of carbonyl (C=O) groups is 1. The van der Waals surface area contributed by atoms with Crippen LogP contribution in [0.1, 0.15) is 18.4 Å². The van der Waals surface area contributed by atoms with E-state index in [1.165, 1.54) is 0 Å². The number of piperidine rings is 1. The van der Waals surface area contributed by atoms with Gasteiger partial charge in [-0.1, -0.05) is 35.9 Å². The third kappa shape index (κ3) is 4.54. The quantitative estimate of drug-likeness (QED) is 0.453. The van der Waals surface area contributed by atoms with Gasteiger partial charge in [-0.25, -0.2) is 0 Å². The fourth-order valence-corrected chi connectivity index (χ4v) is 4.43. The maximum Gasteiger partial charge on any atom is 0.223 e. The number of hydrogen-bond acceptors (Lipinski definition) is 6. The predicted octanol–water partition coefficient (Wildman–Crippen LogP) is 3.99. The van der Waals surface area contributed by atoms with Gasteiger partial charge in [0.25, 0.3) is 0 Å². The van der Waals surface area contributed by atoms with Crippen LogP contribution >= 0.6 is 11.6 Å². The highest BCUT2D eigenvalue weighted by Crippen LogP contribution is 2.27. The summed E-state index contributed by atoms with van der Waals surface area (Å²) in [7, 11) is 1.64. The zero-order chi connectivity index (χ0) is 23.5. The molecule has 1 amide bonds. The molecule has 2 aromatic heterocycles. The van der Waals surface area contributed by atoms with Crippen molar-refractivity contribution < 1.29 is 9.53 Å². The van der Waals surface area contributed by atoms with Gasteiger partial charge >= 0.3 is 0 Å². The van der Waals surface area contributed by atoms with Crippen LogP contribution in [0, 0.1) is 5.92 Å². The average molecular weight is 477 g/mol. The molecule has 0 atom stereocenters. The molecule has 2 aromatic carbocycles. The summed E-state index contributed by atoms with van der Waals surface area (Å²) in [5.74, 6) is 2.33. The second kappa shape index (κ2) is 9.69. The molecule has 5 rings (SSSR count). The molecule has 9 heteroatoms. The number of amides is 1. The number of rotatable bonds is 6. The van der Waals surface area contributed by atoms with Gasteiger partial charge in [0.05, 0.1) is 12.1 Å². The van der Waals surface area contributed by atoms with E-state index in [9.17, 15) is 4.79 Å². The van der Waals surface area contributed by atoms with Crippen molar-refractivity contribution in [3.63, 3.8) is 0 Å². The topological polar surface area (TPSA) is 84.6 Å². The van der Waals surface area contributed by atoms with Crippen LogP contribution in [0.5, 0.6) is 5.75 Å². The molecule has 34 heavy (non-hydrogen) atoms. The molecule has 0 unspecified atom stereocenters. The largest absolute Gasteiger partial charge is 0.497 e. The Balaban J connectivity index is 1.23. The van der Waals surface area contributed by atoms with Gasteiger partial charge in [0.15, 0.2) is 11.5 Å². The van der Waals surface area contributed by atoms with Gasteiger partial charge in [-0.15, -0.1) is 15.3 Å². The molecule has 4 aromatic rings. The SMILES string of the molecule is COc1ccc(CNC(=O)C2CCN(c3ccc4nnc(-c5ccccc5Cl)n4n3)CC2)cc1. The molecule has 1 saturated heterocycles. The number of halogens is 1. The summed E-state index contributed by atoms with van der Waals surface area (Å²) in [6, 6.07) is 19.1. The molecule has 0 aliphatic carbocycles. The molecule has 1 aliphatic rings. The van der Waals surface area contributed by atoms with Crippen molar-refractivity contribution in [2.24, 2.45) is 5.92 Å². The van der Waals surface area contributed by atoms with Crippen molar-refractivity contribution >= 4 is 29.0 Å². The van der Waals surface area contributed by atoms with Crippen LogP contribution < -0.4 is 15.0 Å². The monoisotopic (exact) mass is 476 g/mol. The normalized spacial score (nSPS) is 14.4. The Morgan fingerprint density at radius 3 is 2.56 bits per heavy atom. The zero-order valence-electron chi connectivity index (χ0n) is 18.8. The van der Waals surface area contributed by atoms with Crippen LogP contribution in [-0.4, -0.2) is 45.9 Å². The smallest absolute Gasteiger partial charge is 0.223 e. The Morgan fingerprint density at radius 1 is 1.06 bits per heavy atom. The van der Waals surface area contributed by atoms with Crippen LogP contribution in [0.2, 0.25) is 5.02 Å². The first-order valence-electron chi connectivity index (χ1n) is 11.3. The van der Waals surface area contributed by atoms with Gasteiger partial charge in [0.2, 0.25) is 5.91 Å². The molecule has 1 fully saturated rings. The molecule has 1 N–H and O–H groups in total. The van der Waals surface area contributed by atoms with E-state index in [-0.39, 0.29) is 11.8 Å². The number of aromatic nitrogens is 4. The van der Waals surface area contributed by atoms with Crippen LogP contribution in [0.4, 0.5) is 5.82 Å². The molecule has 0 bridgehead atoms. The third-order valence-corrected chi connectivity index (χ3v) is 6.51. The van der Waals surface area contributed by atoms with Gasteiger partial charge in [-0.3, -0.25) is 4.79 Å². The van der Waals surface area contributed by atoms with Gasteiger partial charge in [-0.05, 0) is 54.8 Å². The van der Waals surface area contributed by atoms with Crippen molar-refractivity contribution in [2.45, 2.75) is 19.4 Å². The van der Waals surface area contributed by atoms with Crippen molar-refractivity contribution in [1.29, 1.82) is 0 Å². The lowest BCUT2D eigenvalue weighted by molar-refractivity contribution is -0.125. The van der Waals surface area contributed by atoms with Crippen molar-refractivity contribution in [3.05, 3.63) is 71.2 Å². The van der Waals surface area contributed by atoms with E-state index >= 15 is 0 Å². The number of nitrogens with zero attached hydrogens (tertiary/aromatic N) is 5. The Bertz CT molecular complexity index is 1300. The highest BCUT2D eigenvalue weighted by Gasteiger charge is 2.26. The highest BCUT2D eigenvalue weighted by atomic mass is 35.5. The number of carbonyl (C=O) groups excluding carboxylic acids is 1. The molecule has 1 aliphatic heterocycles. The second-order valence-electron chi connectivity index (χ2n) is 8.29. The Labute approximate surface area is 202 Å². The molecule has 174 valence electrons. The summed E-state index contributed by atoms with van der Waals surface area (Å²) >= 11 is 6.37. The summed E-state index contributed by atoms with van der Waals surface area (Å²) < 4.78 is 6.90. The van der Waals surface area contributed by atoms with Gasteiger partial charge in [-0.2, -0.15) is 4.52 Å². The number of ether oxygens (including phenoxy) is 1. The van der Waals surface area contributed by atoms with Crippen LogP contribution in [0.15, 0.2) is 60.7 Å². The highest BCUT2D eigenvalue weighted by molar-refractivity contribution is 6.33. The van der Waals surface area contributed by atoms with Crippen molar-refractivity contribution in [2.75, 3.05) is 25.1 Å². The molecule has 0 saturated carbocycles. The van der Waals surface area contributed by atoms with Gasteiger partial charge in [0, 0.05) is 31.1 Å². The fraction of sp³-hybridized carbons (Fsp3) is 0.280. The maximum absolute atomic E-state index is 12.7. The van der Waals surface area contributed by atoms with Crippen LogP contribution in [-0.2, 0) is 11.3 Å². The molecule has 3 heterocycles. The summed E-state index contributed by atoms with van der Waals surface area (Å²) in [5, 5.41) is 17.0. The van der Waals surface area contributed by atoms with E-state index in [2.05, 4.69) is 20.4 Å². The molecular weight excluding hydrogens is 452 g/mol.